The van der Waals surface area contributed by atoms with Crippen molar-refractivity contribution in [1.82, 2.24) is 0 Å². The Morgan fingerprint density at radius 3 is 2.47 bits per heavy atom. The van der Waals surface area contributed by atoms with E-state index in [0.29, 0.717) is 0 Å². The summed E-state index contributed by atoms with van der Waals surface area (Å²) in [6.07, 6.45) is 15.9. The zero-order valence-corrected chi connectivity index (χ0v) is 10.8. The van der Waals surface area contributed by atoms with Crippen molar-refractivity contribution in [1.29, 1.82) is 0 Å². The van der Waals surface area contributed by atoms with Gasteiger partial charge in [0.15, 0.2) is 0 Å². The summed E-state index contributed by atoms with van der Waals surface area (Å²) in [6.45, 7) is 4.79. The van der Waals surface area contributed by atoms with Gasteiger partial charge in [0.1, 0.15) is 0 Å². The van der Waals surface area contributed by atoms with Crippen LogP contribution in [-0.4, -0.2) is 0 Å². The fourth-order valence-corrected chi connectivity index (χ4v) is 4.85. The maximum Gasteiger partial charge on any atom is 0.0377 e. The zero-order chi connectivity index (χ0) is 11.7. The van der Waals surface area contributed by atoms with E-state index in [1.807, 2.05) is 11.8 Å². The molecule has 84 valence electrons. The Hall–Kier alpha value is -1.21. The molecule has 1 heteroatoms. The van der Waals surface area contributed by atoms with E-state index in [2.05, 4.69) is 61.8 Å². The molecule has 17 heavy (non-hydrogen) atoms. The van der Waals surface area contributed by atoms with Crippen molar-refractivity contribution in [2.75, 3.05) is 0 Å². The Balaban J connectivity index is 2.14. The summed E-state index contributed by atoms with van der Waals surface area (Å²) in [5, 5.41) is 2.32. The van der Waals surface area contributed by atoms with Crippen LogP contribution in [0.25, 0.3) is 0 Å². The second-order valence-corrected chi connectivity index (χ2v) is 6.32. The van der Waals surface area contributed by atoms with Crippen LogP contribution >= 0.6 is 11.8 Å². The fraction of sp³-hybridized carbons (Fsp3) is 0.250. The lowest BCUT2D eigenvalue weighted by atomic mass is 9.50. The lowest BCUT2D eigenvalue weighted by Crippen LogP contribution is -2.44. The molecule has 0 N–H and O–H groups in total. The third-order valence-electron chi connectivity index (χ3n) is 4.95. The molecule has 3 aliphatic carbocycles. The van der Waals surface area contributed by atoms with Gasteiger partial charge in [0.25, 0.3) is 0 Å². The monoisotopic (exact) mass is 238 g/mol. The van der Waals surface area contributed by atoms with Crippen molar-refractivity contribution in [3.05, 3.63) is 69.6 Å². The molecule has 0 fully saturated rings. The molecule has 0 nitrogen and oxygen atoms in total. The molecule has 4 aliphatic rings. The van der Waals surface area contributed by atoms with E-state index in [-0.39, 0.29) is 10.8 Å². The Bertz CT molecular complexity index is 609. The summed E-state index contributed by atoms with van der Waals surface area (Å²) in [5.41, 5.74) is 4.62. The summed E-state index contributed by atoms with van der Waals surface area (Å²) in [4.78, 5) is 1.49. The van der Waals surface area contributed by atoms with E-state index < -0.39 is 0 Å². The summed E-state index contributed by atoms with van der Waals surface area (Å²) in [5.74, 6) is 0. The first-order chi connectivity index (χ1) is 8.17. The van der Waals surface area contributed by atoms with Crippen LogP contribution in [0.3, 0.4) is 0 Å². The summed E-state index contributed by atoms with van der Waals surface area (Å²) in [6, 6.07) is 0. The smallest absolute Gasteiger partial charge is 0.0377 e. The molecule has 2 atom stereocenters. The summed E-state index contributed by atoms with van der Waals surface area (Å²) in [7, 11) is 0. The SMILES string of the molecule is C[C@]12C3=CC=CC1=CC=C1SC=C(C=C3)[C@@]12C. The van der Waals surface area contributed by atoms with Gasteiger partial charge < -0.3 is 0 Å². The van der Waals surface area contributed by atoms with Crippen molar-refractivity contribution in [2.45, 2.75) is 13.8 Å². The molecular formula is C16H14S. The molecule has 0 bridgehead atoms. The molecular weight excluding hydrogens is 224 g/mol. The minimum Gasteiger partial charge on any atom is -0.101 e. The maximum atomic E-state index is 2.40. The second kappa shape index (κ2) is 2.78. The van der Waals surface area contributed by atoms with E-state index in [1.54, 1.807) is 0 Å². The van der Waals surface area contributed by atoms with Crippen molar-refractivity contribution in [3.63, 3.8) is 0 Å². The lowest BCUT2D eigenvalue weighted by Gasteiger charge is -2.52. The average Bonchev–Trinajstić information content (AvgIpc) is 2.66. The van der Waals surface area contributed by atoms with Crippen molar-refractivity contribution in [3.8, 4) is 0 Å². The van der Waals surface area contributed by atoms with Crippen LogP contribution in [0.15, 0.2) is 69.6 Å². The predicted octanol–water partition coefficient (Wildman–Crippen LogP) is 4.52. The third-order valence-corrected chi connectivity index (χ3v) is 6.12. The first kappa shape index (κ1) is 9.78. The number of allylic oxidation sites excluding steroid dienone is 11. The van der Waals surface area contributed by atoms with Gasteiger partial charge in [-0.25, -0.2) is 0 Å². The molecule has 0 unspecified atom stereocenters. The minimum absolute atomic E-state index is 0.121. The van der Waals surface area contributed by atoms with E-state index in [9.17, 15) is 0 Å². The average molecular weight is 238 g/mol. The number of hydrogen-bond donors (Lipinski definition) is 0. The third kappa shape index (κ3) is 0.868. The van der Waals surface area contributed by atoms with Crippen molar-refractivity contribution in [2.24, 2.45) is 10.8 Å². The summed E-state index contributed by atoms with van der Waals surface area (Å²) >= 11 is 1.89. The van der Waals surface area contributed by atoms with Crippen molar-refractivity contribution >= 4 is 11.8 Å². The van der Waals surface area contributed by atoms with Gasteiger partial charge in [-0.3, -0.25) is 0 Å². The Labute approximate surface area is 106 Å². The largest absolute Gasteiger partial charge is 0.101 e. The van der Waals surface area contributed by atoms with Gasteiger partial charge >= 0.3 is 0 Å². The van der Waals surface area contributed by atoms with Gasteiger partial charge in [-0.2, -0.15) is 0 Å². The Kier molecular flexibility index (Phi) is 1.60. The van der Waals surface area contributed by atoms with E-state index >= 15 is 0 Å². The van der Waals surface area contributed by atoms with Gasteiger partial charge in [0.05, 0.1) is 0 Å². The normalized spacial score (nSPS) is 40.4. The van der Waals surface area contributed by atoms with E-state index in [4.69, 9.17) is 0 Å². The molecule has 0 amide bonds. The second-order valence-electron chi connectivity index (χ2n) is 5.41. The van der Waals surface area contributed by atoms with E-state index in [0.717, 1.165) is 0 Å². The standard InChI is InChI=1S/C16H14S/c1-15-11-4-3-5-12(15)8-9-14-16(15,2)13(7-6-11)10-17-14/h3-10H,1-2H3/t15-,16-/m0/s1. The van der Waals surface area contributed by atoms with Crippen LogP contribution in [-0.2, 0) is 0 Å². The van der Waals surface area contributed by atoms with E-state index in [1.165, 1.54) is 21.6 Å². The highest BCUT2D eigenvalue weighted by Gasteiger charge is 2.57. The molecule has 0 saturated carbocycles. The van der Waals surface area contributed by atoms with Crippen molar-refractivity contribution < 1.29 is 0 Å². The Morgan fingerprint density at radius 2 is 1.59 bits per heavy atom. The molecule has 0 aromatic heterocycles. The van der Waals surface area contributed by atoms with Gasteiger partial charge in [-0.15, -0.1) is 11.8 Å². The maximum absolute atomic E-state index is 2.40. The van der Waals surface area contributed by atoms with Crippen LogP contribution in [0.4, 0.5) is 0 Å². The van der Waals surface area contributed by atoms with Crippen LogP contribution in [0.5, 0.6) is 0 Å². The Morgan fingerprint density at radius 1 is 0.824 bits per heavy atom. The fourth-order valence-electron chi connectivity index (χ4n) is 3.57. The molecule has 0 aromatic carbocycles. The van der Waals surface area contributed by atoms with Gasteiger partial charge in [0.2, 0.25) is 0 Å². The highest BCUT2D eigenvalue weighted by Crippen LogP contribution is 2.68. The molecule has 1 heterocycles. The number of hydrogen-bond acceptors (Lipinski definition) is 1. The molecule has 0 aromatic rings. The molecule has 0 saturated heterocycles. The molecule has 0 spiro atoms. The highest BCUT2D eigenvalue weighted by molar-refractivity contribution is 8.06. The predicted molar refractivity (Wildman–Crippen MR) is 74.4 cm³/mol. The first-order valence-corrected chi connectivity index (χ1v) is 6.92. The van der Waals surface area contributed by atoms with Crippen LogP contribution < -0.4 is 0 Å². The summed E-state index contributed by atoms with van der Waals surface area (Å²) < 4.78 is 0. The van der Waals surface area contributed by atoms with Crippen LogP contribution in [0.2, 0.25) is 0 Å². The zero-order valence-electron chi connectivity index (χ0n) is 10.0. The number of rotatable bonds is 0. The molecule has 1 aliphatic heterocycles. The van der Waals surface area contributed by atoms with Gasteiger partial charge in [0, 0.05) is 15.7 Å². The topological polar surface area (TPSA) is 0 Å². The highest BCUT2D eigenvalue weighted by atomic mass is 32.2. The first-order valence-electron chi connectivity index (χ1n) is 6.04. The lowest BCUT2D eigenvalue weighted by molar-refractivity contribution is 0.261. The van der Waals surface area contributed by atoms with Crippen LogP contribution in [0, 0.1) is 10.8 Å². The molecule has 4 rings (SSSR count). The van der Waals surface area contributed by atoms with Gasteiger partial charge in [-0.1, -0.05) is 49.5 Å². The van der Waals surface area contributed by atoms with Crippen LogP contribution in [0.1, 0.15) is 13.8 Å². The quantitative estimate of drug-likeness (QED) is 0.598. The molecule has 0 radical (unpaired) electrons. The minimum atomic E-state index is 0.121. The number of thioether (sulfide) groups is 1. The van der Waals surface area contributed by atoms with Gasteiger partial charge in [-0.05, 0) is 29.1 Å².